The Labute approximate surface area is 194 Å². The monoisotopic (exact) mass is 456 g/mol. The van der Waals surface area contributed by atoms with E-state index in [0.29, 0.717) is 12.2 Å². The van der Waals surface area contributed by atoms with Crippen LogP contribution in [-0.2, 0) is 11.3 Å². The molecule has 3 aromatic carbocycles. The van der Waals surface area contributed by atoms with Crippen LogP contribution >= 0.6 is 0 Å². The van der Waals surface area contributed by atoms with Crippen LogP contribution < -0.4 is 10.3 Å². The standard InChI is InChI=1S/C26H21FN4O3/c1-34-20-10-7-18(8-11-20)24-14-22(17-5-3-2-4-6-17)29-31(24)25(32)15-30-16-28-23-13-19(27)9-12-21(23)26(30)33/h2-13,16,24H,14-15H2,1H3. The van der Waals surface area contributed by atoms with Crippen molar-refractivity contribution in [2.75, 3.05) is 7.11 Å². The molecule has 170 valence electrons. The van der Waals surface area contributed by atoms with E-state index in [0.717, 1.165) is 16.8 Å². The molecule has 0 aliphatic carbocycles. The van der Waals surface area contributed by atoms with Gasteiger partial charge in [0.25, 0.3) is 11.5 Å². The quantitative estimate of drug-likeness (QED) is 0.456. The van der Waals surface area contributed by atoms with Crippen molar-refractivity contribution in [3.63, 3.8) is 0 Å². The number of rotatable bonds is 5. The molecule has 0 saturated heterocycles. The zero-order chi connectivity index (χ0) is 23.7. The predicted octanol–water partition coefficient (Wildman–Crippen LogP) is 3.92. The smallest absolute Gasteiger partial charge is 0.263 e. The minimum Gasteiger partial charge on any atom is -0.497 e. The average molecular weight is 456 g/mol. The number of hydrazone groups is 1. The summed E-state index contributed by atoms with van der Waals surface area (Å²) in [5.74, 6) is -0.110. The van der Waals surface area contributed by atoms with Crippen LogP contribution in [0.3, 0.4) is 0 Å². The molecule has 5 rings (SSSR count). The van der Waals surface area contributed by atoms with Crippen molar-refractivity contribution >= 4 is 22.5 Å². The Morgan fingerprint density at radius 1 is 1.09 bits per heavy atom. The molecule has 4 aromatic rings. The third-order valence-electron chi connectivity index (χ3n) is 5.87. The molecule has 1 aliphatic rings. The number of halogens is 1. The van der Waals surface area contributed by atoms with E-state index in [1.807, 2.05) is 54.6 Å². The van der Waals surface area contributed by atoms with Gasteiger partial charge >= 0.3 is 0 Å². The topological polar surface area (TPSA) is 76.8 Å². The minimum atomic E-state index is -0.476. The minimum absolute atomic E-state index is 0.239. The van der Waals surface area contributed by atoms with Gasteiger partial charge in [-0.15, -0.1) is 0 Å². The number of hydrogen-bond donors (Lipinski definition) is 0. The van der Waals surface area contributed by atoms with Crippen molar-refractivity contribution < 1.29 is 13.9 Å². The normalized spacial score (nSPS) is 15.4. The predicted molar refractivity (Wildman–Crippen MR) is 126 cm³/mol. The first-order valence-electron chi connectivity index (χ1n) is 10.8. The number of aromatic nitrogens is 2. The molecule has 1 amide bonds. The molecule has 7 nitrogen and oxygen atoms in total. The lowest BCUT2D eigenvalue weighted by Gasteiger charge is -2.22. The number of carbonyl (C=O) groups excluding carboxylic acids is 1. The van der Waals surface area contributed by atoms with Crippen LogP contribution in [0, 0.1) is 5.82 Å². The largest absolute Gasteiger partial charge is 0.497 e. The lowest BCUT2D eigenvalue weighted by atomic mass is 9.98. The van der Waals surface area contributed by atoms with Crippen LogP contribution in [0.4, 0.5) is 4.39 Å². The molecule has 0 spiro atoms. The number of benzene rings is 3. The maximum Gasteiger partial charge on any atom is 0.263 e. The highest BCUT2D eigenvalue weighted by Gasteiger charge is 2.33. The van der Waals surface area contributed by atoms with Crippen molar-refractivity contribution in [2.24, 2.45) is 5.10 Å². The summed E-state index contributed by atoms with van der Waals surface area (Å²) in [6.45, 7) is -0.239. The summed E-state index contributed by atoms with van der Waals surface area (Å²) in [4.78, 5) is 30.4. The van der Waals surface area contributed by atoms with E-state index in [1.54, 1.807) is 7.11 Å². The Morgan fingerprint density at radius 3 is 2.59 bits per heavy atom. The number of methoxy groups -OCH3 is 1. The van der Waals surface area contributed by atoms with Crippen LogP contribution in [0.2, 0.25) is 0 Å². The Hall–Kier alpha value is -4.33. The summed E-state index contributed by atoms with van der Waals surface area (Å²) < 4.78 is 20.0. The first-order chi connectivity index (χ1) is 16.5. The van der Waals surface area contributed by atoms with Gasteiger partial charge in [0.1, 0.15) is 18.1 Å². The molecule has 1 aliphatic heterocycles. The van der Waals surface area contributed by atoms with Gasteiger partial charge in [-0.2, -0.15) is 5.10 Å². The van der Waals surface area contributed by atoms with Gasteiger partial charge in [0.15, 0.2) is 0 Å². The third-order valence-corrected chi connectivity index (χ3v) is 5.87. The fourth-order valence-corrected chi connectivity index (χ4v) is 4.09. The Balaban J connectivity index is 1.48. The summed E-state index contributed by atoms with van der Waals surface area (Å²) in [7, 11) is 1.60. The third kappa shape index (κ3) is 4.05. The molecule has 0 N–H and O–H groups in total. The highest BCUT2D eigenvalue weighted by atomic mass is 19.1. The van der Waals surface area contributed by atoms with Crippen molar-refractivity contribution in [3.05, 3.63) is 106 Å². The van der Waals surface area contributed by atoms with E-state index < -0.39 is 11.4 Å². The zero-order valence-corrected chi connectivity index (χ0v) is 18.4. The van der Waals surface area contributed by atoms with Gasteiger partial charge in [-0.1, -0.05) is 42.5 Å². The second-order valence-corrected chi connectivity index (χ2v) is 7.98. The van der Waals surface area contributed by atoms with Crippen LogP contribution in [0.5, 0.6) is 5.75 Å². The highest BCUT2D eigenvalue weighted by molar-refractivity contribution is 6.03. The van der Waals surface area contributed by atoms with E-state index in [9.17, 15) is 14.0 Å². The van der Waals surface area contributed by atoms with Crippen molar-refractivity contribution in [2.45, 2.75) is 19.0 Å². The van der Waals surface area contributed by atoms with Crippen LogP contribution in [0.25, 0.3) is 10.9 Å². The summed E-state index contributed by atoms with van der Waals surface area (Å²) in [6, 6.07) is 20.6. The van der Waals surface area contributed by atoms with E-state index >= 15 is 0 Å². The van der Waals surface area contributed by atoms with Gasteiger partial charge in [0.05, 0.1) is 36.1 Å². The highest BCUT2D eigenvalue weighted by Crippen LogP contribution is 2.33. The Morgan fingerprint density at radius 2 is 1.85 bits per heavy atom. The average Bonchev–Trinajstić information content (AvgIpc) is 3.32. The zero-order valence-electron chi connectivity index (χ0n) is 18.4. The second kappa shape index (κ2) is 8.90. The van der Waals surface area contributed by atoms with Gasteiger partial charge in [-0.25, -0.2) is 14.4 Å². The Kier molecular flexibility index (Phi) is 5.63. The van der Waals surface area contributed by atoms with Crippen LogP contribution in [0.15, 0.2) is 89.0 Å². The lowest BCUT2D eigenvalue weighted by molar-refractivity contribution is -0.133. The van der Waals surface area contributed by atoms with Gasteiger partial charge in [-0.3, -0.25) is 14.2 Å². The second-order valence-electron chi connectivity index (χ2n) is 7.98. The van der Waals surface area contributed by atoms with Crippen molar-refractivity contribution in [1.82, 2.24) is 14.6 Å². The Bertz CT molecular complexity index is 1450. The maximum atomic E-state index is 13.5. The first-order valence-corrected chi connectivity index (χ1v) is 10.8. The number of carbonyl (C=O) groups is 1. The molecule has 1 atom stereocenters. The lowest BCUT2D eigenvalue weighted by Crippen LogP contribution is -2.34. The number of ether oxygens (including phenoxy) is 1. The molecule has 0 fully saturated rings. The van der Waals surface area contributed by atoms with Gasteiger partial charge in [0, 0.05) is 12.5 Å². The number of amides is 1. The molecule has 8 heteroatoms. The van der Waals surface area contributed by atoms with Gasteiger partial charge in [0.2, 0.25) is 0 Å². The molecular formula is C26H21FN4O3. The van der Waals surface area contributed by atoms with Gasteiger partial charge in [-0.05, 0) is 35.4 Å². The van der Waals surface area contributed by atoms with Crippen LogP contribution in [-0.4, -0.2) is 33.3 Å². The van der Waals surface area contributed by atoms with E-state index in [2.05, 4.69) is 10.1 Å². The molecule has 2 heterocycles. The molecular weight excluding hydrogens is 435 g/mol. The summed E-state index contributed by atoms with van der Waals surface area (Å²) in [5, 5.41) is 6.33. The summed E-state index contributed by atoms with van der Waals surface area (Å²) in [6.07, 6.45) is 1.80. The molecule has 34 heavy (non-hydrogen) atoms. The molecule has 1 unspecified atom stereocenters. The van der Waals surface area contributed by atoms with Crippen molar-refractivity contribution in [1.29, 1.82) is 0 Å². The van der Waals surface area contributed by atoms with Crippen LogP contribution in [0.1, 0.15) is 23.6 Å². The fraction of sp³-hybridized carbons (Fsp3) is 0.154. The molecule has 0 radical (unpaired) electrons. The van der Waals surface area contributed by atoms with Crippen molar-refractivity contribution in [3.8, 4) is 5.75 Å². The first kappa shape index (κ1) is 21.5. The number of fused-ring (bicyclic) bond motifs is 1. The molecule has 0 bridgehead atoms. The van der Waals surface area contributed by atoms with E-state index in [-0.39, 0.29) is 29.4 Å². The number of nitrogens with zero attached hydrogens (tertiary/aromatic N) is 4. The summed E-state index contributed by atoms with van der Waals surface area (Å²) >= 11 is 0. The maximum absolute atomic E-state index is 13.5. The molecule has 0 saturated carbocycles. The molecule has 1 aromatic heterocycles. The van der Waals surface area contributed by atoms with E-state index in [1.165, 1.54) is 34.1 Å². The fourth-order valence-electron chi connectivity index (χ4n) is 4.09. The SMILES string of the molecule is COc1ccc(C2CC(c3ccccc3)=NN2C(=O)Cn2cnc3cc(F)ccc3c2=O)cc1. The van der Waals surface area contributed by atoms with Gasteiger partial charge < -0.3 is 4.74 Å². The van der Waals surface area contributed by atoms with E-state index in [4.69, 9.17) is 4.74 Å². The number of hydrogen-bond acceptors (Lipinski definition) is 5. The summed E-state index contributed by atoms with van der Waals surface area (Å²) in [5.41, 5.74) is 2.46.